The van der Waals surface area contributed by atoms with Gasteiger partial charge in [0.25, 0.3) is 0 Å². The van der Waals surface area contributed by atoms with Gasteiger partial charge in [-0.15, -0.1) is 0 Å². The van der Waals surface area contributed by atoms with Gasteiger partial charge in [-0.1, -0.05) is 63.4 Å². The standard InChI is InChI=1S/C20H16F3NO3.C2H6/c1-3-7-15(12(2)21)24-19-14(20(25)26)10-16(17(22)18(19)23)27-11-13-8-5-4-6-9-13;1-2/h3-10,24H,1-2,11H2,(H,25,26);1-2H3/b15-7+;. The second-order valence-corrected chi connectivity index (χ2v) is 5.35. The summed E-state index contributed by atoms with van der Waals surface area (Å²) in [5.74, 6) is -6.05. The predicted molar refractivity (Wildman–Crippen MR) is 108 cm³/mol. The van der Waals surface area contributed by atoms with Crippen LogP contribution in [0.25, 0.3) is 0 Å². The highest BCUT2D eigenvalue weighted by atomic mass is 19.2. The van der Waals surface area contributed by atoms with E-state index < -0.39 is 40.4 Å². The van der Waals surface area contributed by atoms with E-state index in [-0.39, 0.29) is 12.3 Å². The van der Waals surface area contributed by atoms with Crippen molar-refractivity contribution in [1.29, 1.82) is 0 Å². The molecule has 0 unspecified atom stereocenters. The summed E-state index contributed by atoms with van der Waals surface area (Å²) in [6, 6.07) is 9.51. The molecule has 0 aliphatic rings. The summed E-state index contributed by atoms with van der Waals surface area (Å²) in [6.45, 7) is 10.3. The highest BCUT2D eigenvalue weighted by Crippen LogP contribution is 2.32. The van der Waals surface area contributed by atoms with Crippen molar-refractivity contribution in [3.8, 4) is 5.75 Å². The van der Waals surface area contributed by atoms with Crippen molar-refractivity contribution >= 4 is 11.7 Å². The van der Waals surface area contributed by atoms with Crippen LogP contribution in [0.4, 0.5) is 18.9 Å². The Morgan fingerprint density at radius 2 is 1.83 bits per heavy atom. The molecule has 0 amide bonds. The van der Waals surface area contributed by atoms with Gasteiger partial charge in [0.1, 0.15) is 12.4 Å². The van der Waals surface area contributed by atoms with Gasteiger partial charge >= 0.3 is 5.97 Å². The number of nitrogens with one attached hydrogen (secondary N) is 1. The summed E-state index contributed by atoms with van der Waals surface area (Å²) in [6.07, 6.45) is 2.28. The van der Waals surface area contributed by atoms with E-state index in [4.69, 9.17) is 4.74 Å². The van der Waals surface area contributed by atoms with E-state index in [0.717, 1.165) is 12.1 Å². The summed E-state index contributed by atoms with van der Waals surface area (Å²) < 4.78 is 47.5. The summed E-state index contributed by atoms with van der Waals surface area (Å²) in [4.78, 5) is 11.5. The fraction of sp³-hybridized carbons (Fsp3) is 0.136. The first kappa shape index (κ1) is 23.6. The number of ether oxygens (including phenoxy) is 1. The maximum atomic E-state index is 14.5. The van der Waals surface area contributed by atoms with Crippen LogP contribution in [0.5, 0.6) is 5.75 Å². The van der Waals surface area contributed by atoms with Gasteiger partial charge in [0.2, 0.25) is 5.82 Å². The van der Waals surface area contributed by atoms with Crippen molar-refractivity contribution in [2.45, 2.75) is 20.5 Å². The first-order chi connectivity index (χ1) is 13.8. The van der Waals surface area contributed by atoms with Crippen molar-refractivity contribution in [1.82, 2.24) is 0 Å². The molecule has 0 aliphatic carbocycles. The molecule has 0 atom stereocenters. The minimum atomic E-state index is -1.55. The third-order valence-corrected chi connectivity index (χ3v) is 3.48. The number of rotatable bonds is 8. The molecule has 0 aliphatic heterocycles. The molecule has 0 fully saturated rings. The lowest BCUT2D eigenvalue weighted by Crippen LogP contribution is -2.12. The zero-order valence-corrected chi connectivity index (χ0v) is 16.1. The van der Waals surface area contributed by atoms with Crippen LogP contribution in [0.15, 0.2) is 73.2 Å². The second kappa shape index (κ2) is 11.4. The summed E-state index contributed by atoms with van der Waals surface area (Å²) in [7, 11) is 0. The molecule has 2 aromatic carbocycles. The molecule has 2 aromatic rings. The lowest BCUT2D eigenvalue weighted by atomic mass is 10.1. The smallest absolute Gasteiger partial charge is 0.338 e. The molecule has 0 saturated heterocycles. The molecular formula is C22H22F3NO3. The maximum Gasteiger partial charge on any atom is 0.338 e. The van der Waals surface area contributed by atoms with E-state index in [1.807, 2.05) is 13.8 Å². The predicted octanol–water partition coefficient (Wildman–Crippen LogP) is 6.23. The Hall–Kier alpha value is -3.48. The van der Waals surface area contributed by atoms with Crippen LogP contribution < -0.4 is 10.1 Å². The average molecular weight is 405 g/mol. The summed E-state index contributed by atoms with van der Waals surface area (Å²) in [5, 5.41) is 11.5. The maximum absolute atomic E-state index is 14.5. The quantitative estimate of drug-likeness (QED) is 0.511. The number of hydrogen-bond acceptors (Lipinski definition) is 3. The first-order valence-electron chi connectivity index (χ1n) is 8.71. The third kappa shape index (κ3) is 6.27. The van der Waals surface area contributed by atoms with Crippen molar-refractivity contribution in [2.24, 2.45) is 0 Å². The minimum absolute atomic E-state index is 0.0913. The van der Waals surface area contributed by atoms with Crippen LogP contribution in [0.3, 0.4) is 0 Å². The number of carbonyl (C=O) groups is 1. The number of carboxylic acids is 1. The van der Waals surface area contributed by atoms with Crippen molar-refractivity contribution in [3.63, 3.8) is 0 Å². The molecule has 29 heavy (non-hydrogen) atoms. The molecule has 0 heterocycles. The topological polar surface area (TPSA) is 58.6 Å². The zero-order valence-electron chi connectivity index (χ0n) is 16.1. The van der Waals surface area contributed by atoms with Gasteiger partial charge in [-0.2, -0.15) is 4.39 Å². The number of carboxylic acid groups (broad SMARTS) is 1. The number of allylic oxidation sites excluding steroid dienone is 3. The number of benzene rings is 2. The van der Waals surface area contributed by atoms with Crippen LogP contribution in [0.1, 0.15) is 29.8 Å². The molecule has 0 aromatic heterocycles. The lowest BCUT2D eigenvalue weighted by Gasteiger charge is -2.15. The molecular weight excluding hydrogens is 383 g/mol. The van der Waals surface area contributed by atoms with E-state index in [1.165, 1.54) is 6.08 Å². The molecule has 0 radical (unpaired) electrons. The normalized spacial score (nSPS) is 10.4. The Morgan fingerprint density at radius 1 is 1.21 bits per heavy atom. The Labute approximate surface area is 167 Å². The number of halogens is 3. The lowest BCUT2D eigenvalue weighted by molar-refractivity contribution is 0.0696. The molecule has 7 heteroatoms. The molecule has 2 rings (SSSR count). The number of aromatic carboxylic acids is 1. The van der Waals surface area contributed by atoms with E-state index in [1.54, 1.807) is 30.3 Å². The van der Waals surface area contributed by atoms with Gasteiger partial charge in [-0.25, -0.2) is 13.6 Å². The van der Waals surface area contributed by atoms with Gasteiger partial charge in [0.05, 0.1) is 16.9 Å². The highest BCUT2D eigenvalue weighted by molar-refractivity contribution is 5.95. The van der Waals surface area contributed by atoms with E-state index in [2.05, 4.69) is 18.5 Å². The van der Waals surface area contributed by atoms with Crippen LogP contribution in [-0.2, 0) is 6.61 Å². The Morgan fingerprint density at radius 3 is 2.34 bits per heavy atom. The Kier molecular flexibility index (Phi) is 9.25. The van der Waals surface area contributed by atoms with E-state index >= 15 is 0 Å². The largest absolute Gasteiger partial charge is 0.486 e. The monoisotopic (exact) mass is 405 g/mol. The first-order valence-corrected chi connectivity index (χ1v) is 8.71. The van der Waals surface area contributed by atoms with Gasteiger partial charge < -0.3 is 15.2 Å². The van der Waals surface area contributed by atoms with Crippen molar-refractivity contribution in [3.05, 3.63) is 96.0 Å². The molecule has 2 N–H and O–H groups in total. The second-order valence-electron chi connectivity index (χ2n) is 5.35. The third-order valence-electron chi connectivity index (χ3n) is 3.48. The molecule has 0 saturated carbocycles. The molecule has 0 bridgehead atoms. The van der Waals surface area contributed by atoms with Gasteiger partial charge in [0, 0.05) is 6.07 Å². The summed E-state index contributed by atoms with van der Waals surface area (Å²) >= 11 is 0. The fourth-order valence-corrected chi connectivity index (χ4v) is 2.19. The average Bonchev–Trinajstić information content (AvgIpc) is 2.72. The Bertz CT molecular complexity index is 909. The highest BCUT2D eigenvalue weighted by Gasteiger charge is 2.24. The van der Waals surface area contributed by atoms with Crippen LogP contribution >= 0.6 is 0 Å². The van der Waals surface area contributed by atoms with Crippen LogP contribution in [-0.4, -0.2) is 11.1 Å². The summed E-state index contributed by atoms with van der Waals surface area (Å²) in [5.41, 5.74) is -1.06. The molecule has 0 spiro atoms. The number of hydrogen-bond donors (Lipinski definition) is 2. The van der Waals surface area contributed by atoms with Gasteiger partial charge in [0.15, 0.2) is 11.6 Å². The molecule has 4 nitrogen and oxygen atoms in total. The number of anilines is 1. The van der Waals surface area contributed by atoms with Crippen LogP contribution in [0, 0.1) is 11.6 Å². The van der Waals surface area contributed by atoms with Crippen molar-refractivity contribution < 1.29 is 27.8 Å². The zero-order chi connectivity index (χ0) is 22.0. The fourth-order valence-electron chi connectivity index (χ4n) is 2.19. The van der Waals surface area contributed by atoms with Gasteiger partial charge in [-0.3, -0.25) is 0 Å². The van der Waals surface area contributed by atoms with E-state index in [0.29, 0.717) is 5.56 Å². The van der Waals surface area contributed by atoms with Crippen LogP contribution in [0.2, 0.25) is 0 Å². The minimum Gasteiger partial charge on any atom is -0.486 e. The van der Waals surface area contributed by atoms with E-state index in [9.17, 15) is 23.1 Å². The van der Waals surface area contributed by atoms with Gasteiger partial charge in [-0.05, 0) is 11.6 Å². The SMILES string of the molecule is C=C/C=C(/Nc1c(C(=O)O)cc(OCc2ccccc2)c(F)c1F)C(=C)F.CC. The van der Waals surface area contributed by atoms with Crippen molar-refractivity contribution in [2.75, 3.05) is 5.32 Å². The molecule has 154 valence electrons. The Balaban J connectivity index is 0.00000204.